The van der Waals surface area contributed by atoms with E-state index >= 15 is 0 Å². The van der Waals surface area contributed by atoms with Gasteiger partial charge in [0.25, 0.3) is 0 Å². The summed E-state index contributed by atoms with van der Waals surface area (Å²) in [5.74, 6) is 0.462. The van der Waals surface area contributed by atoms with Crippen molar-refractivity contribution in [2.24, 2.45) is 0 Å². The van der Waals surface area contributed by atoms with Crippen LogP contribution in [0.15, 0.2) is 59.8 Å². The molecule has 1 N–H and O–H groups in total. The number of ether oxygens (including phenoxy) is 1. The predicted octanol–water partition coefficient (Wildman–Crippen LogP) is 1.15. The van der Waals surface area contributed by atoms with Crippen molar-refractivity contribution in [3.8, 4) is 11.4 Å². The second-order valence-corrected chi connectivity index (χ2v) is 6.67. The SMILES string of the molecule is COc1ccc(S(=O)(=O)NCc2ccccc2)cc1-n1cnnn1. The molecule has 1 aromatic heterocycles. The van der Waals surface area contributed by atoms with Gasteiger partial charge in [-0.3, -0.25) is 0 Å². The fourth-order valence-electron chi connectivity index (χ4n) is 2.15. The van der Waals surface area contributed by atoms with Crippen LogP contribution in [0.3, 0.4) is 0 Å². The third-order valence-electron chi connectivity index (χ3n) is 3.37. The summed E-state index contributed by atoms with van der Waals surface area (Å²) in [7, 11) is -2.19. The number of rotatable bonds is 6. The van der Waals surface area contributed by atoms with Gasteiger partial charge in [-0.25, -0.2) is 13.1 Å². The van der Waals surface area contributed by atoms with Crippen molar-refractivity contribution in [2.75, 3.05) is 7.11 Å². The van der Waals surface area contributed by atoms with Crippen LogP contribution in [0.2, 0.25) is 0 Å². The molecule has 0 aliphatic heterocycles. The van der Waals surface area contributed by atoms with Crippen LogP contribution in [-0.4, -0.2) is 35.7 Å². The number of aromatic nitrogens is 4. The first-order valence-corrected chi connectivity index (χ1v) is 8.53. The smallest absolute Gasteiger partial charge is 0.240 e. The zero-order chi connectivity index (χ0) is 17.0. The van der Waals surface area contributed by atoms with Crippen molar-refractivity contribution in [1.82, 2.24) is 24.9 Å². The summed E-state index contributed by atoms with van der Waals surface area (Å²) in [6.07, 6.45) is 1.37. The van der Waals surface area contributed by atoms with Gasteiger partial charge in [0.2, 0.25) is 10.0 Å². The number of sulfonamides is 1. The molecule has 0 saturated heterocycles. The molecule has 1 heterocycles. The fourth-order valence-corrected chi connectivity index (χ4v) is 3.18. The molecule has 0 saturated carbocycles. The first kappa shape index (κ1) is 16.1. The van der Waals surface area contributed by atoms with E-state index < -0.39 is 10.0 Å². The maximum Gasteiger partial charge on any atom is 0.240 e. The first-order chi connectivity index (χ1) is 11.6. The lowest BCUT2D eigenvalue weighted by molar-refractivity contribution is 0.411. The number of tetrazole rings is 1. The van der Waals surface area contributed by atoms with Crippen LogP contribution in [-0.2, 0) is 16.6 Å². The highest BCUT2D eigenvalue weighted by Crippen LogP contribution is 2.25. The number of hydrogen-bond acceptors (Lipinski definition) is 6. The molecule has 9 heteroatoms. The molecule has 3 rings (SSSR count). The summed E-state index contributed by atoms with van der Waals surface area (Å²) in [6.45, 7) is 0.204. The van der Waals surface area contributed by atoms with E-state index in [9.17, 15) is 8.42 Å². The van der Waals surface area contributed by atoms with Gasteiger partial charge in [-0.05, 0) is 34.2 Å². The molecule has 0 aliphatic rings. The Hall–Kier alpha value is -2.78. The fraction of sp³-hybridized carbons (Fsp3) is 0.133. The summed E-state index contributed by atoms with van der Waals surface area (Å²) >= 11 is 0. The molecule has 0 fully saturated rings. The van der Waals surface area contributed by atoms with E-state index in [1.54, 1.807) is 6.07 Å². The molecule has 0 amide bonds. The molecule has 2 aromatic carbocycles. The van der Waals surface area contributed by atoms with Gasteiger partial charge in [-0.2, -0.15) is 4.68 Å². The van der Waals surface area contributed by atoms with Gasteiger partial charge in [-0.1, -0.05) is 30.3 Å². The molecule has 24 heavy (non-hydrogen) atoms. The highest BCUT2D eigenvalue weighted by atomic mass is 32.2. The van der Waals surface area contributed by atoms with E-state index in [0.29, 0.717) is 11.4 Å². The normalized spacial score (nSPS) is 11.4. The van der Waals surface area contributed by atoms with E-state index in [1.165, 1.54) is 30.3 Å². The number of nitrogens with one attached hydrogen (secondary N) is 1. The molecule has 0 aliphatic carbocycles. The van der Waals surface area contributed by atoms with Crippen LogP contribution in [0.25, 0.3) is 5.69 Å². The van der Waals surface area contributed by atoms with Crippen molar-refractivity contribution < 1.29 is 13.2 Å². The minimum absolute atomic E-state index is 0.102. The number of benzene rings is 2. The van der Waals surface area contributed by atoms with Crippen LogP contribution in [0.4, 0.5) is 0 Å². The van der Waals surface area contributed by atoms with Crippen LogP contribution in [0, 0.1) is 0 Å². The van der Waals surface area contributed by atoms with Crippen LogP contribution in [0.1, 0.15) is 5.56 Å². The van der Waals surface area contributed by atoms with Crippen molar-refractivity contribution in [2.45, 2.75) is 11.4 Å². The van der Waals surface area contributed by atoms with Gasteiger partial charge in [0.05, 0.1) is 12.0 Å². The quantitative estimate of drug-likeness (QED) is 0.719. The van der Waals surface area contributed by atoms with Gasteiger partial charge in [-0.15, -0.1) is 5.10 Å². The topological polar surface area (TPSA) is 99.0 Å². The molecule has 8 nitrogen and oxygen atoms in total. The van der Waals surface area contributed by atoms with Gasteiger partial charge in [0.1, 0.15) is 17.8 Å². The lowest BCUT2D eigenvalue weighted by Gasteiger charge is -2.11. The molecule has 0 bridgehead atoms. The lowest BCUT2D eigenvalue weighted by atomic mass is 10.2. The van der Waals surface area contributed by atoms with Crippen molar-refractivity contribution in [3.63, 3.8) is 0 Å². The Bertz CT molecular complexity index is 912. The maximum atomic E-state index is 12.5. The first-order valence-electron chi connectivity index (χ1n) is 7.05. The third-order valence-corrected chi connectivity index (χ3v) is 4.76. The Balaban J connectivity index is 1.89. The second-order valence-electron chi connectivity index (χ2n) is 4.90. The number of nitrogens with zero attached hydrogens (tertiary/aromatic N) is 4. The molecule has 0 radical (unpaired) electrons. The molecule has 0 spiro atoms. The highest BCUT2D eigenvalue weighted by molar-refractivity contribution is 7.89. The van der Waals surface area contributed by atoms with Gasteiger partial charge in [0, 0.05) is 6.54 Å². The highest BCUT2D eigenvalue weighted by Gasteiger charge is 2.17. The molecule has 3 aromatic rings. The second kappa shape index (κ2) is 6.77. The zero-order valence-electron chi connectivity index (χ0n) is 12.8. The molecule has 0 atom stereocenters. The maximum absolute atomic E-state index is 12.5. The molecular weight excluding hydrogens is 330 g/mol. The van der Waals surface area contributed by atoms with Gasteiger partial charge < -0.3 is 4.74 Å². The minimum atomic E-state index is -3.68. The summed E-state index contributed by atoms with van der Waals surface area (Å²) < 4.78 is 34.2. The third kappa shape index (κ3) is 3.42. The lowest BCUT2D eigenvalue weighted by Crippen LogP contribution is -2.23. The summed E-state index contributed by atoms with van der Waals surface area (Å²) in [6, 6.07) is 13.8. The van der Waals surface area contributed by atoms with Gasteiger partial charge >= 0.3 is 0 Å². The standard InChI is InChI=1S/C15H15N5O3S/c1-23-15-8-7-13(9-14(15)20-11-16-18-19-20)24(21,22)17-10-12-5-3-2-4-6-12/h2-9,11,17H,10H2,1H3. The molecular formula is C15H15N5O3S. The number of methoxy groups -OCH3 is 1. The zero-order valence-corrected chi connectivity index (χ0v) is 13.6. The molecule has 124 valence electrons. The number of hydrogen-bond donors (Lipinski definition) is 1. The van der Waals surface area contributed by atoms with E-state index in [0.717, 1.165) is 5.56 Å². The Morgan fingerprint density at radius 3 is 2.62 bits per heavy atom. The van der Waals surface area contributed by atoms with Crippen LogP contribution >= 0.6 is 0 Å². The Morgan fingerprint density at radius 2 is 1.96 bits per heavy atom. The average Bonchev–Trinajstić information content (AvgIpc) is 3.15. The van der Waals surface area contributed by atoms with E-state index in [4.69, 9.17) is 4.74 Å². The predicted molar refractivity (Wildman–Crippen MR) is 86.2 cm³/mol. The average molecular weight is 345 g/mol. The van der Waals surface area contributed by atoms with E-state index in [1.807, 2.05) is 30.3 Å². The Kier molecular flexibility index (Phi) is 4.54. The van der Waals surface area contributed by atoms with Crippen LogP contribution in [0.5, 0.6) is 5.75 Å². The monoisotopic (exact) mass is 345 g/mol. The van der Waals surface area contributed by atoms with E-state index in [2.05, 4.69) is 20.2 Å². The largest absolute Gasteiger partial charge is 0.494 e. The summed E-state index contributed by atoms with van der Waals surface area (Å²) in [5.41, 5.74) is 1.31. The molecule has 0 unspecified atom stereocenters. The Morgan fingerprint density at radius 1 is 1.17 bits per heavy atom. The summed E-state index contributed by atoms with van der Waals surface area (Å²) in [4.78, 5) is 0.102. The van der Waals surface area contributed by atoms with Gasteiger partial charge in [0.15, 0.2) is 0 Å². The van der Waals surface area contributed by atoms with Crippen molar-refractivity contribution >= 4 is 10.0 Å². The van der Waals surface area contributed by atoms with Crippen molar-refractivity contribution in [1.29, 1.82) is 0 Å². The Labute approximate surface area is 139 Å². The van der Waals surface area contributed by atoms with Crippen molar-refractivity contribution in [3.05, 3.63) is 60.4 Å². The summed E-state index contributed by atoms with van der Waals surface area (Å²) in [5, 5.41) is 10.9. The van der Waals surface area contributed by atoms with E-state index in [-0.39, 0.29) is 11.4 Å². The van der Waals surface area contributed by atoms with Crippen LogP contribution < -0.4 is 9.46 Å². The minimum Gasteiger partial charge on any atom is -0.494 e.